The minimum Gasteiger partial charge on any atom is -0.309 e. The third-order valence-electron chi connectivity index (χ3n) is 24.3. The number of hydrogen-bond acceptors (Lipinski definition) is 6. The summed E-state index contributed by atoms with van der Waals surface area (Å²) >= 11 is 0. The van der Waals surface area contributed by atoms with Crippen molar-refractivity contribution in [2.75, 3.05) is 0 Å². The van der Waals surface area contributed by atoms with Crippen LogP contribution in [-0.4, -0.2) is 48.2 Å². The van der Waals surface area contributed by atoms with E-state index < -0.39 is 0 Å². The molecule has 0 saturated carbocycles. The highest BCUT2D eigenvalue weighted by atomic mass is 15.2. The van der Waals surface area contributed by atoms with Gasteiger partial charge in [0, 0.05) is 76.7 Å². The molecule has 0 aliphatic heterocycles. The maximum absolute atomic E-state index is 5.15. The molecule has 25 aromatic rings. The second-order valence-electron chi connectivity index (χ2n) is 31.3. The minimum absolute atomic E-state index is 0.582. The van der Waals surface area contributed by atoms with Crippen LogP contribution in [0.2, 0.25) is 0 Å². The molecule has 0 spiro atoms. The van der Waals surface area contributed by atoms with Crippen LogP contribution in [0, 0.1) is 0 Å². The van der Waals surface area contributed by atoms with Gasteiger partial charge in [-0.15, -0.1) is 0 Å². The average Bonchev–Trinajstić information content (AvgIpc) is 1.56. The van der Waals surface area contributed by atoms with Crippen LogP contribution in [0.3, 0.4) is 0 Å². The van der Waals surface area contributed by atoms with Crippen molar-refractivity contribution < 1.29 is 0 Å². The molecule has 0 N–H and O–H groups in total. The van der Waals surface area contributed by atoms with E-state index in [4.69, 9.17) is 29.9 Å². The fraction of sp³-hybridized carbons (Fsp3) is 0. The summed E-state index contributed by atoms with van der Waals surface area (Å²) < 4.78 is 9.26. The van der Waals surface area contributed by atoms with E-state index in [0.29, 0.717) is 35.2 Å². The van der Waals surface area contributed by atoms with Gasteiger partial charge in [-0.1, -0.05) is 334 Å². The van der Waals surface area contributed by atoms with Crippen LogP contribution in [0.4, 0.5) is 0 Å². The number of aromatic nitrogens is 10. The summed E-state index contributed by atoms with van der Waals surface area (Å²) in [6.45, 7) is 0. The Morgan fingerprint density at radius 2 is 0.451 bits per heavy atom. The summed E-state index contributed by atoms with van der Waals surface area (Å²) in [6.07, 6.45) is 0. The van der Waals surface area contributed by atoms with Crippen molar-refractivity contribution >= 4 is 109 Å². The molecular weight excluding hydrogens is 1490 g/mol. The Morgan fingerprint density at radius 1 is 0.148 bits per heavy atom. The third kappa shape index (κ3) is 11.6. The highest BCUT2D eigenvalue weighted by Crippen LogP contribution is 2.48. The van der Waals surface area contributed by atoms with Crippen molar-refractivity contribution in [2.45, 2.75) is 0 Å². The van der Waals surface area contributed by atoms with E-state index in [1.165, 1.54) is 110 Å². The van der Waals surface area contributed by atoms with Gasteiger partial charge >= 0.3 is 0 Å². The first-order valence-corrected chi connectivity index (χ1v) is 41.3. The summed E-state index contributed by atoms with van der Waals surface area (Å²) in [5.41, 5.74) is 26.9. The van der Waals surface area contributed by atoms with Gasteiger partial charge in [-0.25, -0.2) is 9.97 Å². The molecule has 0 atom stereocenters. The third-order valence-corrected chi connectivity index (χ3v) is 24.3. The lowest BCUT2D eigenvalue weighted by Crippen LogP contribution is -2.06. The zero-order valence-corrected chi connectivity index (χ0v) is 65.9. The summed E-state index contributed by atoms with van der Waals surface area (Å²) in [5.74, 6) is 3.70. The number of hydrogen-bond donors (Lipinski definition) is 0. The summed E-state index contributed by atoms with van der Waals surface area (Å²) in [6, 6.07) is 151. The van der Waals surface area contributed by atoms with Gasteiger partial charge in [0.1, 0.15) is 0 Å². The molecule has 6 aromatic heterocycles. The van der Waals surface area contributed by atoms with E-state index in [-0.39, 0.29) is 0 Å². The van der Waals surface area contributed by atoms with E-state index >= 15 is 0 Å². The van der Waals surface area contributed by atoms with Crippen molar-refractivity contribution in [3.63, 3.8) is 0 Å². The number of benzene rings is 19. The predicted octanol–water partition coefficient (Wildman–Crippen LogP) is 28.3. The maximum Gasteiger partial charge on any atom is 0.238 e. The number of nitrogens with zero attached hydrogens (tertiary/aromatic N) is 10. The zero-order chi connectivity index (χ0) is 80.3. The second-order valence-corrected chi connectivity index (χ2v) is 31.3. The number of rotatable bonds is 13. The van der Waals surface area contributed by atoms with Crippen molar-refractivity contribution in [3.8, 4) is 124 Å². The van der Waals surface area contributed by atoms with Gasteiger partial charge in [-0.3, -0.25) is 9.13 Å². The van der Waals surface area contributed by atoms with Gasteiger partial charge < -0.3 is 9.13 Å². The van der Waals surface area contributed by atoms with Crippen LogP contribution < -0.4 is 0 Å². The number of para-hydroxylation sites is 2. The molecule has 25 rings (SSSR count). The molecule has 122 heavy (non-hydrogen) atoms. The fourth-order valence-electron chi connectivity index (χ4n) is 18.7. The van der Waals surface area contributed by atoms with Gasteiger partial charge in [0.05, 0.1) is 44.1 Å². The fourth-order valence-corrected chi connectivity index (χ4v) is 18.7. The normalized spacial score (nSPS) is 11.8. The highest BCUT2D eigenvalue weighted by molar-refractivity contribution is 6.28. The molecule has 0 saturated heterocycles. The Balaban J connectivity index is 0.000000139. The summed E-state index contributed by atoms with van der Waals surface area (Å²) in [5, 5.41) is 14.6. The lowest BCUT2D eigenvalue weighted by molar-refractivity contribution is 0.953. The first-order chi connectivity index (χ1) is 60.5. The molecule has 0 aliphatic rings. The van der Waals surface area contributed by atoms with Crippen LogP contribution in [0.5, 0.6) is 0 Å². The molecule has 0 aliphatic carbocycles. The minimum atomic E-state index is 0.582. The second kappa shape index (κ2) is 28.7. The van der Waals surface area contributed by atoms with E-state index in [2.05, 4.69) is 322 Å². The molecular formula is C112H70N10. The van der Waals surface area contributed by atoms with E-state index in [1.54, 1.807) is 0 Å². The zero-order valence-electron chi connectivity index (χ0n) is 65.9. The first-order valence-electron chi connectivity index (χ1n) is 41.3. The molecule has 0 fully saturated rings. The van der Waals surface area contributed by atoms with Crippen molar-refractivity contribution in [1.82, 2.24) is 48.2 Å². The smallest absolute Gasteiger partial charge is 0.238 e. The topological polar surface area (TPSA) is 97.1 Å². The van der Waals surface area contributed by atoms with Crippen molar-refractivity contribution in [3.05, 3.63) is 425 Å². The van der Waals surface area contributed by atoms with Gasteiger partial charge in [0.15, 0.2) is 23.3 Å². The van der Waals surface area contributed by atoms with E-state index in [9.17, 15) is 0 Å². The van der Waals surface area contributed by atoms with E-state index in [1.807, 2.05) is 121 Å². The number of fused-ring (bicyclic) bond motifs is 6. The molecule has 0 unspecified atom stereocenters. The standard InChI is InChI=1S/C59H37N5.C53H33N5/c1-5-16-38(17-6-1)44-34-45(39-18-7-2-8-19-39)36-46(35-44)63-53-27-15-24-40-28-30-49-47(31-33-54(63)56(49)55(40)53)43-29-32-52-50(37-43)48-25-13-14-26-51(48)64(52)59-61-57(41-20-9-3-10-21-41)60-58(62-59)42-22-11-4-12-23-42;1-4-13-34(14-5-1)35-23-27-40(28-24-35)57-47-22-12-19-36-25-29-43-41(30-32-48(57)50(43)49(36)47)39-26-31-46-44(33-39)42-20-10-11-21-45(42)58(46)53-55-51(37-15-6-2-7-16-37)54-52(56-53)38-17-8-3-9-18-38/h1-37H;1-33H. The van der Waals surface area contributed by atoms with Crippen LogP contribution in [0.1, 0.15) is 0 Å². The SMILES string of the molecule is c1ccc(-c2cc(-c3ccccc3)cc(-n3c4cccc5ccc6c(-c7ccc8c(c7)c7ccccc7n8-c7nc(-c8ccccc8)nc(-c8ccccc8)n7)ccc3c6c54)c2)cc1.c1ccc(-c2ccc(-n3c4cccc5ccc6c(-c7ccc8c(c7)c7ccccc7n8-c7nc(-c8ccccc8)nc(-c8ccccc8)n7)ccc3c6c54)cc2)cc1. The largest absolute Gasteiger partial charge is 0.309 e. The Morgan fingerprint density at radius 3 is 0.844 bits per heavy atom. The van der Waals surface area contributed by atoms with Crippen LogP contribution >= 0.6 is 0 Å². The predicted molar refractivity (Wildman–Crippen MR) is 503 cm³/mol. The molecule has 0 radical (unpaired) electrons. The molecule has 0 bridgehead atoms. The van der Waals surface area contributed by atoms with Gasteiger partial charge in [-0.2, -0.15) is 19.9 Å². The Hall–Kier alpha value is -16.6. The van der Waals surface area contributed by atoms with Crippen LogP contribution in [-0.2, 0) is 0 Å². The van der Waals surface area contributed by atoms with Crippen LogP contribution in [0.25, 0.3) is 233 Å². The van der Waals surface area contributed by atoms with Crippen LogP contribution in [0.15, 0.2) is 425 Å². The monoisotopic (exact) mass is 1550 g/mol. The van der Waals surface area contributed by atoms with Gasteiger partial charge in [0.2, 0.25) is 11.9 Å². The Kier molecular flexibility index (Phi) is 16.4. The lowest BCUT2D eigenvalue weighted by atomic mass is 9.94. The quantitative estimate of drug-likeness (QED) is 0.107. The molecule has 10 heteroatoms. The lowest BCUT2D eigenvalue weighted by Gasteiger charge is -2.14. The summed E-state index contributed by atoms with van der Waals surface area (Å²) in [4.78, 5) is 30.5. The Labute approximate surface area is 701 Å². The molecule has 568 valence electrons. The molecule has 0 amide bonds. The average molecular weight is 1560 g/mol. The van der Waals surface area contributed by atoms with Gasteiger partial charge in [-0.05, 0) is 168 Å². The molecule has 10 nitrogen and oxygen atoms in total. The highest BCUT2D eigenvalue weighted by Gasteiger charge is 2.26. The van der Waals surface area contributed by atoms with Gasteiger partial charge in [0.25, 0.3) is 0 Å². The maximum atomic E-state index is 5.15. The van der Waals surface area contributed by atoms with E-state index in [0.717, 1.165) is 88.4 Å². The Bertz CT molecular complexity index is 8160. The van der Waals surface area contributed by atoms with Crippen molar-refractivity contribution in [2.24, 2.45) is 0 Å². The first kappa shape index (κ1) is 69.7. The molecule has 6 heterocycles. The molecule has 19 aromatic carbocycles. The summed E-state index contributed by atoms with van der Waals surface area (Å²) in [7, 11) is 0. The van der Waals surface area contributed by atoms with Crippen molar-refractivity contribution in [1.29, 1.82) is 0 Å².